The fraction of sp³-hybridized carbons (Fsp3) is 0.500. The summed E-state index contributed by atoms with van der Waals surface area (Å²) in [6, 6.07) is 3.92. The maximum Gasteiger partial charge on any atom is 0.248 e. The Hall–Kier alpha value is -3.04. The molecule has 1 aliphatic heterocycles. The van der Waals surface area contributed by atoms with Crippen LogP contribution >= 0.6 is 0 Å². The van der Waals surface area contributed by atoms with Gasteiger partial charge in [0, 0.05) is 25.5 Å². The van der Waals surface area contributed by atoms with Crippen molar-refractivity contribution in [3.8, 4) is 6.07 Å². The van der Waals surface area contributed by atoms with Gasteiger partial charge in [0.15, 0.2) is 0 Å². The van der Waals surface area contributed by atoms with Gasteiger partial charge in [0.25, 0.3) is 0 Å². The first-order chi connectivity index (χ1) is 14.3. The molecule has 2 fully saturated rings. The third kappa shape index (κ3) is 4.12. The number of hydrogen-bond donors (Lipinski definition) is 2. The van der Waals surface area contributed by atoms with E-state index in [1.54, 1.807) is 34.2 Å². The fourth-order valence-electron chi connectivity index (χ4n) is 3.69. The number of aromatic nitrogens is 4. The number of carbonyl (C=O) groups is 1. The molecule has 11 nitrogen and oxygen atoms in total. The largest absolute Gasteiger partial charge is 0.321 e. The van der Waals surface area contributed by atoms with Crippen LogP contribution in [0.1, 0.15) is 19.3 Å². The summed E-state index contributed by atoms with van der Waals surface area (Å²) in [5, 5.41) is 16.8. The number of amides is 1. The van der Waals surface area contributed by atoms with Gasteiger partial charge in [-0.2, -0.15) is 15.3 Å². The molecule has 1 saturated carbocycles. The Labute approximate surface area is 174 Å². The summed E-state index contributed by atoms with van der Waals surface area (Å²) in [6.07, 6.45) is 8.31. The van der Waals surface area contributed by atoms with E-state index in [0.29, 0.717) is 37.0 Å². The summed E-state index contributed by atoms with van der Waals surface area (Å²) in [5.74, 6) is 0.737. The van der Waals surface area contributed by atoms with Crippen LogP contribution in [0.4, 0.5) is 17.5 Å². The minimum absolute atomic E-state index is 0.155. The van der Waals surface area contributed by atoms with Gasteiger partial charge in [-0.15, -0.1) is 0 Å². The Kier molecular flexibility index (Phi) is 5.17. The second-order valence-corrected chi connectivity index (χ2v) is 9.42. The van der Waals surface area contributed by atoms with Gasteiger partial charge in [0.05, 0.1) is 30.8 Å². The average Bonchev–Trinajstić information content (AvgIpc) is 3.37. The number of carbonyl (C=O) groups excluding carboxylic acids is 1. The SMILES string of the molecule is CS(=O)(=O)NCCn1cc(Nc2nccc(N3CC[C@@](C#N)(C4CC4)C3=O)n2)cn1. The Morgan fingerprint density at radius 3 is 2.90 bits per heavy atom. The highest BCUT2D eigenvalue weighted by Crippen LogP contribution is 2.51. The van der Waals surface area contributed by atoms with Crippen LogP contribution in [-0.4, -0.2) is 53.4 Å². The van der Waals surface area contributed by atoms with Crippen molar-refractivity contribution in [1.29, 1.82) is 5.26 Å². The predicted octanol–water partition coefficient (Wildman–Crippen LogP) is 0.623. The second-order valence-electron chi connectivity index (χ2n) is 7.59. The number of nitriles is 1. The van der Waals surface area contributed by atoms with Gasteiger partial charge in [0.1, 0.15) is 11.2 Å². The van der Waals surface area contributed by atoms with Gasteiger partial charge in [0.2, 0.25) is 21.9 Å². The van der Waals surface area contributed by atoms with Crippen molar-refractivity contribution < 1.29 is 13.2 Å². The highest BCUT2D eigenvalue weighted by atomic mass is 32.2. The van der Waals surface area contributed by atoms with Crippen LogP contribution in [-0.2, 0) is 21.4 Å². The van der Waals surface area contributed by atoms with Gasteiger partial charge < -0.3 is 5.32 Å². The van der Waals surface area contributed by atoms with Crippen molar-refractivity contribution in [3.63, 3.8) is 0 Å². The average molecular weight is 430 g/mol. The molecule has 158 valence electrons. The first-order valence-corrected chi connectivity index (χ1v) is 11.5. The zero-order chi connectivity index (χ0) is 21.4. The standard InChI is InChI=1S/C18H22N8O3S/c1-30(28,29)22-7-9-25-11-14(10-21-25)23-17-20-6-4-15(24-17)26-8-5-18(12-19,16(26)27)13-2-3-13/h4,6,10-11,13,22H,2-3,5,7-9H2,1H3,(H,20,23,24)/t18-/m1/s1. The van der Waals surface area contributed by atoms with Crippen molar-refractivity contribution in [1.82, 2.24) is 24.5 Å². The summed E-state index contributed by atoms with van der Waals surface area (Å²) in [4.78, 5) is 23.1. The summed E-state index contributed by atoms with van der Waals surface area (Å²) in [7, 11) is -3.24. The molecule has 3 heterocycles. The molecule has 1 saturated heterocycles. The first kappa shape index (κ1) is 20.2. The summed E-state index contributed by atoms with van der Waals surface area (Å²) in [6.45, 7) is 1.06. The van der Waals surface area contributed by atoms with E-state index in [1.165, 1.54) is 0 Å². The van der Waals surface area contributed by atoms with E-state index in [1.807, 2.05) is 0 Å². The molecule has 0 aromatic carbocycles. The Morgan fingerprint density at radius 2 is 2.20 bits per heavy atom. The van der Waals surface area contributed by atoms with Crippen LogP contribution in [0.15, 0.2) is 24.7 Å². The number of rotatable bonds is 8. The maximum atomic E-state index is 12.9. The van der Waals surface area contributed by atoms with Crippen molar-refractivity contribution in [2.45, 2.75) is 25.8 Å². The minimum Gasteiger partial charge on any atom is -0.321 e. The normalized spacial score (nSPS) is 21.6. The molecule has 1 aliphatic carbocycles. The lowest BCUT2D eigenvalue weighted by atomic mass is 9.83. The van der Waals surface area contributed by atoms with Gasteiger partial charge in [-0.25, -0.2) is 18.1 Å². The van der Waals surface area contributed by atoms with Gasteiger partial charge >= 0.3 is 0 Å². The maximum absolute atomic E-state index is 12.9. The fourth-order valence-corrected chi connectivity index (χ4v) is 4.15. The van der Waals surface area contributed by atoms with Gasteiger partial charge in [-0.05, 0) is 31.2 Å². The molecule has 1 amide bonds. The molecule has 2 N–H and O–H groups in total. The third-order valence-corrected chi connectivity index (χ3v) is 6.07. The number of sulfonamides is 1. The molecule has 0 spiro atoms. The van der Waals surface area contributed by atoms with Crippen molar-refractivity contribution in [2.24, 2.45) is 11.3 Å². The second kappa shape index (κ2) is 7.66. The minimum atomic E-state index is -3.24. The van der Waals surface area contributed by atoms with Crippen LogP contribution in [0.2, 0.25) is 0 Å². The van der Waals surface area contributed by atoms with Crippen molar-refractivity contribution >= 4 is 33.4 Å². The zero-order valence-electron chi connectivity index (χ0n) is 16.4. The first-order valence-electron chi connectivity index (χ1n) is 9.61. The van der Waals surface area contributed by atoms with Crippen molar-refractivity contribution in [2.75, 3.05) is 29.6 Å². The molecule has 4 rings (SSSR count). The molecule has 2 aliphatic rings. The lowest BCUT2D eigenvalue weighted by Crippen LogP contribution is -2.35. The molecule has 0 radical (unpaired) electrons. The van der Waals surface area contributed by atoms with E-state index < -0.39 is 15.4 Å². The van der Waals surface area contributed by atoms with Gasteiger partial charge in [-0.3, -0.25) is 14.4 Å². The molecule has 30 heavy (non-hydrogen) atoms. The summed E-state index contributed by atoms with van der Waals surface area (Å²) >= 11 is 0. The number of nitrogens with zero attached hydrogens (tertiary/aromatic N) is 6. The summed E-state index contributed by atoms with van der Waals surface area (Å²) in [5.41, 5.74) is -0.289. The summed E-state index contributed by atoms with van der Waals surface area (Å²) < 4.78 is 26.2. The monoisotopic (exact) mass is 430 g/mol. The number of anilines is 3. The topological polar surface area (TPSA) is 146 Å². The lowest BCUT2D eigenvalue weighted by Gasteiger charge is -2.20. The molecule has 1 atom stereocenters. The van der Waals surface area contributed by atoms with Crippen LogP contribution in [0.5, 0.6) is 0 Å². The quantitative estimate of drug-likeness (QED) is 0.620. The predicted molar refractivity (Wildman–Crippen MR) is 108 cm³/mol. The number of hydrogen-bond acceptors (Lipinski definition) is 8. The van der Waals surface area contributed by atoms with E-state index in [9.17, 15) is 18.5 Å². The Morgan fingerprint density at radius 1 is 1.40 bits per heavy atom. The van der Waals surface area contributed by atoms with E-state index >= 15 is 0 Å². The van der Waals surface area contributed by atoms with E-state index in [2.05, 4.69) is 31.2 Å². The molecular weight excluding hydrogens is 408 g/mol. The van der Waals surface area contributed by atoms with Crippen LogP contribution < -0.4 is 14.9 Å². The molecule has 0 bridgehead atoms. The number of nitrogens with one attached hydrogen (secondary N) is 2. The molecule has 12 heteroatoms. The smallest absolute Gasteiger partial charge is 0.248 e. The Bertz CT molecular complexity index is 1100. The van der Waals surface area contributed by atoms with Crippen LogP contribution in [0.3, 0.4) is 0 Å². The third-order valence-electron chi connectivity index (χ3n) is 5.34. The molecule has 0 unspecified atom stereocenters. The zero-order valence-corrected chi connectivity index (χ0v) is 17.3. The molecule has 2 aromatic heterocycles. The van der Waals surface area contributed by atoms with E-state index in [-0.39, 0.29) is 18.4 Å². The highest BCUT2D eigenvalue weighted by molar-refractivity contribution is 7.88. The van der Waals surface area contributed by atoms with Gasteiger partial charge in [-0.1, -0.05) is 0 Å². The van der Waals surface area contributed by atoms with E-state index in [4.69, 9.17) is 0 Å². The molecular formula is C18H22N8O3S. The molecule has 2 aromatic rings. The highest BCUT2D eigenvalue weighted by Gasteiger charge is 2.57. The van der Waals surface area contributed by atoms with Crippen molar-refractivity contribution in [3.05, 3.63) is 24.7 Å². The lowest BCUT2D eigenvalue weighted by molar-refractivity contribution is -0.123. The van der Waals surface area contributed by atoms with E-state index in [0.717, 1.165) is 19.1 Å². The van der Waals surface area contributed by atoms with Crippen LogP contribution in [0.25, 0.3) is 0 Å². The Balaban J connectivity index is 1.42. The van der Waals surface area contributed by atoms with Crippen LogP contribution in [0, 0.1) is 22.7 Å².